The summed E-state index contributed by atoms with van der Waals surface area (Å²) in [4.78, 5) is 12.0. The molecule has 0 N–H and O–H groups in total. The van der Waals surface area contributed by atoms with Crippen molar-refractivity contribution in [2.24, 2.45) is 5.92 Å². The molecule has 2 fully saturated rings. The van der Waals surface area contributed by atoms with E-state index in [4.69, 9.17) is 0 Å². The Morgan fingerprint density at radius 2 is 1.80 bits per heavy atom. The largest absolute Gasteiger partial charge is 0.357 e. The molecular formula is C16H26N4. The molecule has 2 saturated heterocycles. The van der Waals surface area contributed by atoms with Crippen molar-refractivity contribution in [1.82, 2.24) is 14.8 Å². The van der Waals surface area contributed by atoms with Crippen LogP contribution in [0.25, 0.3) is 0 Å². The van der Waals surface area contributed by atoms with E-state index in [2.05, 4.69) is 38.9 Å². The smallest absolute Gasteiger partial charge is 0.128 e. The van der Waals surface area contributed by atoms with Crippen molar-refractivity contribution in [3.63, 3.8) is 0 Å². The van der Waals surface area contributed by atoms with E-state index >= 15 is 0 Å². The topological polar surface area (TPSA) is 22.6 Å². The molecular weight excluding hydrogens is 248 g/mol. The quantitative estimate of drug-likeness (QED) is 0.834. The van der Waals surface area contributed by atoms with E-state index in [-0.39, 0.29) is 0 Å². The van der Waals surface area contributed by atoms with Crippen LogP contribution in [0, 0.1) is 5.92 Å². The normalized spacial score (nSPS) is 23.1. The number of piperazine rings is 1. The van der Waals surface area contributed by atoms with Crippen LogP contribution in [0.1, 0.15) is 12.8 Å². The van der Waals surface area contributed by atoms with Crippen LogP contribution in [0.3, 0.4) is 0 Å². The Balaban J connectivity index is 1.44. The third-order valence-corrected chi connectivity index (χ3v) is 4.70. The van der Waals surface area contributed by atoms with E-state index in [0.717, 1.165) is 24.8 Å². The van der Waals surface area contributed by atoms with Gasteiger partial charge in [-0.2, -0.15) is 0 Å². The van der Waals surface area contributed by atoms with Crippen molar-refractivity contribution in [3.05, 3.63) is 24.4 Å². The van der Waals surface area contributed by atoms with Gasteiger partial charge in [-0.1, -0.05) is 6.07 Å². The molecule has 1 aromatic rings. The Hall–Kier alpha value is -1.13. The van der Waals surface area contributed by atoms with Gasteiger partial charge < -0.3 is 14.7 Å². The zero-order valence-corrected chi connectivity index (χ0v) is 12.5. The fourth-order valence-electron chi connectivity index (χ4n) is 3.28. The minimum atomic E-state index is 0.873. The molecule has 2 aliphatic rings. The first-order chi connectivity index (χ1) is 9.81. The Morgan fingerprint density at radius 1 is 1.05 bits per heavy atom. The van der Waals surface area contributed by atoms with Gasteiger partial charge in [-0.25, -0.2) is 4.98 Å². The third-order valence-electron chi connectivity index (χ3n) is 4.70. The summed E-state index contributed by atoms with van der Waals surface area (Å²) in [5, 5.41) is 0. The highest BCUT2D eigenvalue weighted by Crippen LogP contribution is 2.22. The van der Waals surface area contributed by atoms with Gasteiger partial charge >= 0.3 is 0 Å². The lowest BCUT2D eigenvalue weighted by molar-refractivity contribution is 0.129. The highest BCUT2D eigenvalue weighted by molar-refractivity contribution is 5.37. The van der Waals surface area contributed by atoms with E-state index in [1.54, 1.807) is 0 Å². The summed E-state index contributed by atoms with van der Waals surface area (Å²) in [6.07, 6.45) is 4.51. The van der Waals surface area contributed by atoms with Crippen molar-refractivity contribution in [2.75, 3.05) is 57.8 Å². The van der Waals surface area contributed by atoms with Crippen LogP contribution in [0.5, 0.6) is 0 Å². The maximum absolute atomic E-state index is 4.46. The molecule has 3 heterocycles. The molecule has 4 heteroatoms. The van der Waals surface area contributed by atoms with Crippen LogP contribution in [-0.2, 0) is 0 Å². The van der Waals surface area contributed by atoms with Gasteiger partial charge in [-0.05, 0) is 37.9 Å². The fourth-order valence-corrected chi connectivity index (χ4v) is 3.28. The summed E-state index contributed by atoms with van der Waals surface area (Å²) in [6.45, 7) is 8.57. The molecule has 0 spiro atoms. The van der Waals surface area contributed by atoms with Gasteiger partial charge in [0.1, 0.15) is 5.82 Å². The summed E-state index contributed by atoms with van der Waals surface area (Å²) in [7, 11) is 2.22. The van der Waals surface area contributed by atoms with Crippen LogP contribution in [-0.4, -0.2) is 67.6 Å². The molecule has 0 aliphatic carbocycles. The Labute approximate surface area is 122 Å². The van der Waals surface area contributed by atoms with E-state index in [1.807, 2.05) is 12.3 Å². The molecule has 4 nitrogen and oxygen atoms in total. The third kappa shape index (κ3) is 3.49. The lowest BCUT2D eigenvalue weighted by atomic mass is 9.96. The zero-order chi connectivity index (χ0) is 13.8. The number of piperidine rings is 1. The summed E-state index contributed by atoms with van der Waals surface area (Å²) >= 11 is 0. The summed E-state index contributed by atoms with van der Waals surface area (Å²) in [5.74, 6) is 2.02. The monoisotopic (exact) mass is 274 g/mol. The second-order valence-electron chi connectivity index (χ2n) is 6.22. The zero-order valence-electron chi connectivity index (χ0n) is 12.5. The fraction of sp³-hybridized carbons (Fsp3) is 0.688. The van der Waals surface area contributed by atoms with Crippen LogP contribution >= 0.6 is 0 Å². The predicted octanol–water partition coefficient (Wildman–Crippen LogP) is 1.55. The number of pyridine rings is 1. The molecule has 0 bridgehead atoms. The summed E-state index contributed by atoms with van der Waals surface area (Å²) in [5.41, 5.74) is 0. The van der Waals surface area contributed by atoms with Crippen LogP contribution < -0.4 is 4.90 Å². The standard InChI is InChI=1S/C16H26N4/c1-18-10-12-19(13-11-18)14-15-5-8-20(9-6-15)16-4-2-3-7-17-16/h2-4,7,15H,5-6,8-14H2,1H3. The first-order valence-corrected chi connectivity index (χ1v) is 7.88. The molecule has 20 heavy (non-hydrogen) atoms. The lowest BCUT2D eigenvalue weighted by Gasteiger charge is -2.38. The van der Waals surface area contributed by atoms with Crippen LogP contribution in [0.4, 0.5) is 5.82 Å². The Kier molecular flexibility index (Phi) is 4.53. The average Bonchev–Trinajstić information content (AvgIpc) is 2.51. The number of nitrogens with zero attached hydrogens (tertiary/aromatic N) is 4. The molecule has 0 saturated carbocycles. The number of aromatic nitrogens is 1. The van der Waals surface area contributed by atoms with Gasteiger partial charge in [-0.3, -0.25) is 0 Å². The number of rotatable bonds is 3. The van der Waals surface area contributed by atoms with E-state index in [1.165, 1.54) is 45.6 Å². The van der Waals surface area contributed by atoms with Crippen molar-refractivity contribution in [3.8, 4) is 0 Å². The maximum Gasteiger partial charge on any atom is 0.128 e. The van der Waals surface area contributed by atoms with E-state index in [0.29, 0.717) is 0 Å². The first kappa shape index (κ1) is 13.8. The maximum atomic E-state index is 4.46. The molecule has 0 radical (unpaired) electrons. The van der Waals surface area contributed by atoms with Crippen molar-refractivity contribution in [1.29, 1.82) is 0 Å². The van der Waals surface area contributed by atoms with E-state index in [9.17, 15) is 0 Å². The van der Waals surface area contributed by atoms with Crippen molar-refractivity contribution >= 4 is 5.82 Å². The van der Waals surface area contributed by atoms with E-state index < -0.39 is 0 Å². The lowest BCUT2D eigenvalue weighted by Crippen LogP contribution is -2.47. The number of hydrogen-bond acceptors (Lipinski definition) is 4. The number of anilines is 1. The highest BCUT2D eigenvalue weighted by atomic mass is 15.2. The highest BCUT2D eigenvalue weighted by Gasteiger charge is 2.23. The van der Waals surface area contributed by atoms with Gasteiger partial charge in [0.05, 0.1) is 0 Å². The van der Waals surface area contributed by atoms with Gasteiger partial charge in [0.25, 0.3) is 0 Å². The second kappa shape index (κ2) is 6.55. The Morgan fingerprint density at radius 3 is 2.45 bits per heavy atom. The molecule has 0 atom stereocenters. The number of hydrogen-bond donors (Lipinski definition) is 0. The van der Waals surface area contributed by atoms with Gasteiger partial charge in [0, 0.05) is 52.0 Å². The SMILES string of the molecule is CN1CCN(CC2CCN(c3ccccn3)CC2)CC1. The molecule has 3 rings (SSSR count). The first-order valence-electron chi connectivity index (χ1n) is 7.88. The molecule has 2 aliphatic heterocycles. The molecule has 0 aromatic carbocycles. The van der Waals surface area contributed by atoms with Gasteiger partial charge in [0.15, 0.2) is 0 Å². The second-order valence-corrected chi connectivity index (χ2v) is 6.22. The molecule has 110 valence electrons. The van der Waals surface area contributed by atoms with Gasteiger partial charge in [-0.15, -0.1) is 0 Å². The van der Waals surface area contributed by atoms with Crippen molar-refractivity contribution < 1.29 is 0 Å². The van der Waals surface area contributed by atoms with Gasteiger partial charge in [0.2, 0.25) is 0 Å². The summed E-state index contributed by atoms with van der Waals surface area (Å²) in [6, 6.07) is 6.20. The molecule has 0 amide bonds. The molecule has 1 aromatic heterocycles. The minimum Gasteiger partial charge on any atom is -0.357 e. The van der Waals surface area contributed by atoms with Crippen LogP contribution in [0.15, 0.2) is 24.4 Å². The number of likely N-dealkylation sites (N-methyl/N-ethyl adjacent to an activating group) is 1. The minimum absolute atomic E-state index is 0.873. The van der Waals surface area contributed by atoms with Crippen molar-refractivity contribution in [2.45, 2.75) is 12.8 Å². The predicted molar refractivity (Wildman–Crippen MR) is 83.1 cm³/mol. The molecule has 0 unspecified atom stereocenters. The average molecular weight is 274 g/mol. The Bertz CT molecular complexity index is 392. The van der Waals surface area contributed by atoms with Crippen LogP contribution in [0.2, 0.25) is 0 Å². The summed E-state index contributed by atoms with van der Waals surface area (Å²) < 4.78 is 0.